The first-order chi connectivity index (χ1) is 12.0. The summed E-state index contributed by atoms with van der Waals surface area (Å²) in [6.45, 7) is 2.26. The van der Waals surface area contributed by atoms with Gasteiger partial charge in [-0.1, -0.05) is 24.3 Å². The third kappa shape index (κ3) is 2.68. The van der Waals surface area contributed by atoms with Crippen molar-refractivity contribution in [2.24, 2.45) is 10.7 Å². The van der Waals surface area contributed by atoms with E-state index < -0.39 is 11.8 Å². The van der Waals surface area contributed by atoms with Crippen LogP contribution in [0.4, 0.5) is 0 Å². The van der Waals surface area contributed by atoms with Crippen molar-refractivity contribution in [1.29, 1.82) is 0 Å². The third-order valence-electron chi connectivity index (χ3n) is 4.94. The summed E-state index contributed by atoms with van der Waals surface area (Å²) < 4.78 is 10.8. The fourth-order valence-electron chi connectivity index (χ4n) is 3.31. The monoisotopic (exact) mass is 339 g/mol. The highest BCUT2D eigenvalue weighted by Gasteiger charge is 2.36. The number of guanidine groups is 1. The van der Waals surface area contributed by atoms with Gasteiger partial charge in [0.15, 0.2) is 17.5 Å². The van der Waals surface area contributed by atoms with Crippen molar-refractivity contribution in [3.05, 3.63) is 48.0 Å². The molecule has 25 heavy (non-hydrogen) atoms. The first-order valence-corrected chi connectivity index (χ1v) is 8.23. The largest absolute Gasteiger partial charge is 0.454 e. The number of fused-ring (bicyclic) bond motifs is 1. The number of nitrogens with zero attached hydrogens (tertiary/aromatic N) is 2. The minimum atomic E-state index is -0.656. The summed E-state index contributed by atoms with van der Waals surface area (Å²) in [7, 11) is 1.74. The van der Waals surface area contributed by atoms with Gasteiger partial charge >= 0.3 is 0 Å². The van der Waals surface area contributed by atoms with Crippen molar-refractivity contribution in [3.63, 3.8) is 0 Å². The first kappa shape index (κ1) is 15.8. The van der Waals surface area contributed by atoms with Gasteiger partial charge in [-0.3, -0.25) is 0 Å². The molecule has 6 heteroatoms. The fraction of sp³-hybridized carbons (Fsp3) is 0.316. The molecule has 3 N–H and O–H groups in total. The summed E-state index contributed by atoms with van der Waals surface area (Å²) in [5.74, 6) is 1.86. The number of aliphatic hydroxyl groups excluding tert-OH is 1. The zero-order valence-electron chi connectivity index (χ0n) is 14.3. The molecule has 2 atom stereocenters. The summed E-state index contributed by atoms with van der Waals surface area (Å²) in [4.78, 5) is 6.21. The number of nitrogens with two attached hydrogens (primary N) is 1. The molecule has 130 valence electrons. The predicted molar refractivity (Wildman–Crippen MR) is 95.4 cm³/mol. The van der Waals surface area contributed by atoms with Crippen LogP contribution < -0.4 is 15.2 Å². The second-order valence-electron chi connectivity index (χ2n) is 6.69. The van der Waals surface area contributed by atoms with E-state index in [1.807, 2.05) is 43.3 Å². The molecule has 2 aliphatic rings. The van der Waals surface area contributed by atoms with Crippen molar-refractivity contribution in [3.8, 4) is 22.6 Å². The summed E-state index contributed by atoms with van der Waals surface area (Å²) in [6, 6.07) is 14.1. The van der Waals surface area contributed by atoms with Crippen LogP contribution >= 0.6 is 0 Å². The summed E-state index contributed by atoms with van der Waals surface area (Å²) >= 11 is 0. The maximum absolute atomic E-state index is 10.3. The Balaban J connectivity index is 1.73. The molecular weight excluding hydrogens is 318 g/mol. The maximum atomic E-state index is 10.3. The van der Waals surface area contributed by atoms with Gasteiger partial charge in [0.1, 0.15) is 6.23 Å². The maximum Gasteiger partial charge on any atom is 0.231 e. The van der Waals surface area contributed by atoms with Crippen LogP contribution in [0, 0.1) is 0 Å². The number of benzene rings is 2. The lowest BCUT2D eigenvalue weighted by Crippen LogP contribution is -2.50. The van der Waals surface area contributed by atoms with Gasteiger partial charge in [-0.2, -0.15) is 0 Å². The van der Waals surface area contributed by atoms with Gasteiger partial charge in [0.25, 0.3) is 0 Å². The molecule has 0 aromatic heterocycles. The van der Waals surface area contributed by atoms with E-state index in [4.69, 9.17) is 15.2 Å². The van der Waals surface area contributed by atoms with E-state index in [0.29, 0.717) is 12.4 Å². The Kier molecular flexibility index (Phi) is 3.58. The Bertz CT molecular complexity index is 852. The SMILES string of the molecule is CN1C(N)=NC(C)(c2cccc(-c3ccc4c(c3)OCO4)c2)C[C@@H]1O. The molecule has 0 spiro atoms. The average molecular weight is 339 g/mol. The van der Waals surface area contributed by atoms with Gasteiger partial charge in [-0.15, -0.1) is 0 Å². The summed E-state index contributed by atoms with van der Waals surface area (Å²) in [5.41, 5.74) is 8.52. The lowest BCUT2D eigenvalue weighted by atomic mass is 9.85. The van der Waals surface area contributed by atoms with Crippen LogP contribution in [-0.2, 0) is 5.54 Å². The van der Waals surface area contributed by atoms with E-state index >= 15 is 0 Å². The normalized spacial score (nSPS) is 25.0. The smallest absolute Gasteiger partial charge is 0.231 e. The molecule has 0 saturated heterocycles. The van der Waals surface area contributed by atoms with Crippen LogP contribution in [0.25, 0.3) is 11.1 Å². The van der Waals surface area contributed by atoms with Gasteiger partial charge in [0.05, 0.1) is 5.54 Å². The lowest BCUT2D eigenvalue weighted by molar-refractivity contribution is 0.0292. The molecule has 0 radical (unpaired) electrons. The fourth-order valence-corrected chi connectivity index (χ4v) is 3.31. The molecule has 4 rings (SSSR count). The minimum Gasteiger partial charge on any atom is -0.454 e. The van der Waals surface area contributed by atoms with Gasteiger partial charge in [-0.05, 0) is 41.8 Å². The van der Waals surface area contributed by atoms with Crippen LogP contribution in [-0.4, -0.2) is 36.0 Å². The summed E-state index contributed by atoms with van der Waals surface area (Å²) in [5, 5.41) is 10.3. The first-order valence-electron chi connectivity index (χ1n) is 8.23. The van der Waals surface area contributed by atoms with Crippen LogP contribution in [0.15, 0.2) is 47.5 Å². The molecule has 2 aromatic rings. The van der Waals surface area contributed by atoms with E-state index in [0.717, 1.165) is 28.2 Å². The Morgan fingerprint density at radius 1 is 1.16 bits per heavy atom. The minimum absolute atomic E-state index is 0.260. The van der Waals surface area contributed by atoms with Gasteiger partial charge in [0.2, 0.25) is 6.79 Å². The molecule has 2 heterocycles. The number of rotatable bonds is 2. The Morgan fingerprint density at radius 2 is 1.92 bits per heavy atom. The molecule has 1 unspecified atom stereocenters. The lowest BCUT2D eigenvalue weighted by Gasteiger charge is -2.38. The standard InChI is InChI=1S/C19H21N3O3/c1-19(10-17(23)22(2)18(20)21-19)14-5-3-4-12(8-14)13-6-7-15-16(9-13)25-11-24-15/h3-9,17,23H,10-11H2,1-2H3,(H2,20,21)/t17-,19?/m0/s1. The number of ether oxygens (including phenoxy) is 2. The molecule has 6 nitrogen and oxygen atoms in total. The van der Waals surface area contributed by atoms with Crippen molar-refractivity contribution in [2.45, 2.75) is 25.1 Å². The van der Waals surface area contributed by atoms with E-state index in [-0.39, 0.29) is 6.79 Å². The Hall–Kier alpha value is -2.73. The highest BCUT2D eigenvalue weighted by Crippen LogP contribution is 2.39. The van der Waals surface area contributed by atoms with E-state index in [1.54, 1.807) is 11.9 Å². The van der Waals surface area contributed by atoms with Crippen LogP contribution in [0.2, 0.25) is 0 Å². The van der Waals surface area contributed by atoms with Crippen LogP contribution in [0.1, 0.15) is 18.9 Å². The average Bonchev–Trinajstić information content (AvgIpc) is 3.07. The molecule has 0 aliphatic carbocycles. The molecule has 0 bridgehead atoms. The highest BCUT2D eigenvalue weighted by atomic mass is 16.7. The topological polar surface area (TPSA) is 80.3 Å². The molecule has 0 amide bonds. The third-order valence-corrected chi connectivity index (χ3v) is 4.94. The van der Waals surface area contributed by atoms with E-state index in [9.17, 15) is 5.11 Å². The number of aliphatic hydroxyl groups is 1. The van der Waals surface area contributed by atoms with E-state index in [2.05, 4.69) is 11.1 Å². The Morgan fingerprint density at radius 3 is 2.72 bits per heavy atom. The van der Waals surface area contributed by atoms with Gasteiger partial charge in [-0.25, -0.2) is 4.99 Å². The summed E-state index contributed by atoms with van der Waals surface area (Å²) in [6.07, 6.45) is -0.175. The highest BCUT2D eigenvalue weighted by molar-refractivity contribution is 5.79. The van der Waals surface area contributed by atoms with Crippen molar-refractivity contribution in [2.75, 3.05) is 13.8 Å². The number of hydrogen-bond donors (Lipinski definition) is 2. The molecule has 2 aromatic carbocycles. The number of aliphatic imine (C=N–C) groups is 1. The van der Waals surface area contributed by atoms with Crippen molar-refractivity contribution >= 4 is 5.96 Å². The molecule has 0 fully saturated rings. The van der Waals surface area contributed by atoms with Crippen LogP contribution in [0.5, 0.6) is 11.5 Å². The molecule has 2 aliphatic heterocycles. The quantitative estimate of drug-likeness (QED) is 0.877. The van der Waals surface area contributed by atoms with Crippen molar-refractivity contribution in [1.82, 2.24) is 4.90 Å². The van der Waals surface area contributed by atoms with E-state index in [1.165, 1.54) is 0 Å². The zero-order chi connectivity index (χ0) is 17.6. The molecule has 0 saturated carbocycles. The van der Waals surface area contributed by atoms with Crippen molar-refractivity contribution < 1.29 is 14.6 Å². The van der Waals surface area contributed by atoms with Crippen LogP contribution in [0.3, 0.4) is 0 Å². The van der Waals surface area contributed by atoms with Gasteiger partial charge in [0, 0.05) is 13.5 Å². The predicted octanol–water partition coefficient (Wildman–Crippen LogP) is 2.27. The second kappa shape index (κ2) is 5.67. The number of hydrogen-bond acceptors (Lipinski definition) is 6. The van der Waals surface area contributed by atoms with Gasteiger partial charge < -0.3 is 25.2 Å². The second-order valence-corrected chi connectivity index (χ2v) is 6.69. The Labute approximate surface area is 146 Å². The molecular formula is C19H21N3O3. The zero-order valence-corrected chi connectivity index (χ0v) is 14.3.